The van der Waals surface area contributed by atoms with Crippen LogP contribution in [0.3, 0.4) is 0 Å². The summed E-state index contributed by atoms with van der Waals surface area (Å²) in [6, 6.07) is 11.8. The van der Waals surface area contributed by atoms with E-state index in [4.69, 9.17) is 0 Å². The number of rotatable bonds is 10. The Morgan fingerprint density at radius 3 is 2.60 bits per heavy atom. The molecule has 5 rings (SSSR count). The first-order valence-electron chi connectivity index (χ1n) is 14.5. The fourth-order valence-corrected chi connectivity index (χ4v) is 7.64. The van der Waals surface area contributed by atoms with Gasteiger partial charge >= 0.3 is 0 Å². The first kappa shape index (κ1) is 28.7. The van der Waals surface area contributed by atoms with Gasteiger partial charge in [0.1, 0.15) is 6.04 Å². The fraction of sp³-hybridized carbons (Fsp3) is 0.533. The largest absolute Gasteiger partial charge is 0.353 e. The number of benzene rings is 2. The van der Waals surface area contributed by atoms with Gasteiger partial charge in [-0.15, -0.1) is 0 Å². The quantitative estimate of drug-likeness (QED) is 0.380. The van der Waals surface area contributed by atoms with Crippen molar-refractivity contribution in [3.8, 4) is 0 Å². The smallest absolute Gasteiger partial charge is 0.243 e. The molecule has 0 saturated carbocycles. The lowest BCUT2D eigenvalue weighted by Crippen LogP contribution is -2.58. The predicted octanol–water partition coefficient (Wildman–Crippen LogP) is 2.25. The third-order valence-corrected chi connectivity index (χ3v) is 10.2. The zero-order chi connectivity index (χ0) is 28.1. The molecule has 9 nitrogen and oxygen atoms in total. The van der Waals surface area contributed by atoms with Gasteiger partial charge in [-0.2, -0.15) is 4.31 Å². The highest BCUT2D eigenvalue weighted by atomic mass is 32.2. The lowest BCUT2D eigenvalue weighted by molar-refractivity contribution is -0.132. The van der Waals surface area contributed by atoms with E-state index in [1.807, 2.05) is 6.92 Å². The summed E-state index contributed by atoms with van der Waals surface area (Å²) in [5.41, 5.74) is 4.54. The van der Waals surface area contributed by atoms with Crippen molar-refractivity contribution in [3.63, 3.8) is 0 Å². The van der Waals surface area contributed by atoms with Crippen LogP contribution in [0.1, 0.15) is 60.4 Å². The zero-order valence-corrected chi connectivity index (χ0v) is 24.1. The number of hydrogen-bond acceptors (Lipinski definition) is 6. The number of carbonyl (C=O) groups is 2. The van der Waals surface area contributed by atoms with Crippen molar-refractivity contribution < 1.29 is 18.0 Å². The molecule has 1 unspecified atom stereocenters. The number of nitrogens with zero attached hydrogens (tertiary/aromatic N) is 2. The molecule has 1 aliphatic carbocycles. The summed E-state index contributed by atoms with van der Waals surface area (Å²) in [6.07, 6.45) is 5.14. The van der Waals surface area contributed by atoms with Crippen LogP contribution in [0.25, 0.3) is 0 Å². The van der Waals surface area contributed by atoms with E-state index in [1.165, 1.54) is 41.4 Å². The minimum absolute atomic E-state index is 0.126. The molecule has 40 heavy (non-hydrogen) atoms. The first-order valence-corrected chi connectivity index (χ1v) is 16.0. The number of amides is 2. The second-order valence-electron chi connectivity index (χ2n) is 11.2. The van der Waals surface area contributed by atoms with Gasteiger partial charge in [0.15, 0.2) is 0 Å². The van der Waals surface area contributed by atoms with Crippen molar-refractivity contribution >= 4 is 21.8 Å². The van der Waals surface area contributed by atoms with Gasteiger partial charge in [0.05, 0.1) is 17.4 Å². The van der Waals surface area contributed by atoms with E-state index >= 15 is 0 Å². The highest BCUT2D eigenvalue weighted by Gasteiger charge is 2.40. The van der Waals surface area contributed by atoms with Gasteiger partial charge in [0, 0.05) is 32.7 Å². The van der Waals surface area contributed by atoms with E-state index in [-0.39, 0.29) is 36.4 Å². The third kappa shape index (κ3) is 6.74. The molecular weight excluding hydrogens is 526 g/mol. The Morgan fingerprint density at radius 2 is 1.82 bits per heavy atom. The Labute approximate surface area is 237 Å². The van der Waals surface area contributed by atoms with Crippen LogP contribution in [0, 0.1) is 6.92 Å². The molecule has 2 aliphatic heterocycles. The summed E-state index contributed by atoms with van der Waals surface area (Å²) in [5, 5.41) is 9.39. The molecule has 2 aromatic carbocycles. The monoisotopic (exact) mass is 567 g/mol. The summed E-state index contributed by atoms with van der Waals surface area (Å²) in [6.45, 7) is 7.52. The summed E-state index contributed by atoms with van der Waals surface area (Å²) in [5.74, 6) is -0.764. The predicted molar refractivity (Wildman–Crippen MR) is 154 cm³/mol. The van der Waals surface area contributed by atoms with Crippen molar-refractivity contribution in [2.24, 2.45) is 0 Å². The van der Waals surface area contributed by atoms with Crippen LogP contribution in [0.2, 0.25) is 0 Å². The molecule has 0 bridgehead atoms. The van der Waals surface area contributed by atoms with Gasteiger partial charge in [-0.3, -0.25) is 9.59 Å². The van der Waals surface area contributed by atoms with Crippen LogP contribution < -0.4 is 16.0 Å². The molecule has 2 saturated heterocycles. The van der Waals surface area contributed by atoms with E-state index < -0.39 is 22.0 Å². The first-order chi connectivity index (χ1) is 19.3. The molecule has 2 fully saturated rings. The van der Waals surface area contributed by atoms with Gasteiger partial charge in [0.25, 0.3) is 0 Å². The molecule has 10 heteroatoms. The molecule has 0 aromatic heterocycles. The maximum Gasteiger partial charge on any atom is 0.243 e. The number of piperazine rings is 1. The second-order valence-corrected chi connectivity index (χ2v) is 13.1. The number of fused-ring (bicyclic) bond motifs is 1. The van der Waals surface area contributed by atoms with Crippen molar-refractivity contribution in [3.05, 3.63) is 64.7 Å². The van der Waals surface area contributed by atoms with Crippen LogP contribution in [0.5, 0.6) is 0 Å². The van der Waals surface area contributed by atoms with Gasteiger partial charge in [0.2, 0.25) is 21.8 Å². The van der Waals surface area contributed by atoms with Gasteiger partial charge in [-0.1, -0.05) is 35.9 Å². The Kier molecular flexibility index (Phi) is 9.20. The van der Waals surface area contributed by atoms with E-state index in [0.29, 0.717) is 0 Å². The summed E-state index contributed by atoms with van der Waals surface area (Å²) in [7, 11) is -3.92. The molecule has 216 valence electrons. The Bertz CT molecular complexity index is 1310. The SMILES string of the molecule is Cc1ccc(S(=O)(=O)N2CCNC(=O)C2CC(=O)N[C@@H]2CCCc3cc(CNCCN4CCCC4)ccc32)cc1. The van der Waals surface area contributed by atoms with Crippen molar-refractivity contribution in [1.29, 1.82) is 0 Å². The van der Waals surface area contributed by atoms with Gasteiger partial charge in [-0.25, -0.2) is 8.42 Å². The molecular formula is C30H41N5O4S. The van der Waals surface area contributed by atoms with Gasteiger partial charge in [-0.05, 0) is 80.9 Å². The molecule has 2 atom stereocenters. The molecule has 2 amide bonds. The molecule has 3 N–H and O–H groups in total. The second kappa shape index (κ2) is 12.8. The zero-order valence-electron chi connectivity index (χ0n) is 23.3. The van der Waals surface area contributed by atoms with Crippen LogP contribution in [-0.2, 0) is 32.6 Å². The van der Waals surface area contributed by atoms with Crippen LogP contribution in [0.15, 0.2) is 47.4 Å². The topological polar surface area (TPSA) is 111 Å². The number of sulfonamides is 1. The maximum atomic E-state index is 13.4. The van der Waals surface area contributed by atoms with E-state index in [1.54, 1.807) is 24.3 Å². The Balaban J connectivity index is 1.20. The van der Waals surface area contributed by atoms with Crippen molar-refractivity contribution in [2.75, 3.05) is 39.3 Å². The molecule has 0 spiro atoms. The molecule has 0 radical (unpaired) electrons. The summed E-state index contributed by atoms with van der Waals surface area (Å²) >= 11 is 0. The number of carbonyl (C=O) groups excluding carboxylic acids is 2. The average molecular weight is 568 g/mol. The number of hydrogen-bond donors (Lipinski definition) is 3. The van der Waals surface area contributed by atoms with Crippen LogP contribution >= 0.6 is 0 Å². The molecule has 3 aliphatic rings. The van der Waals surface area contributed by atoms with Crippen molar-refractivity contribution in [1.82, 2.24) is 25.2 Å². The Morgan fingerprint density at radius 1 is 1.05 bits per heavy atom. The number of likely N-dealkylation sites (tertiary alicyclic amines) is 1. The lowest BCUT2D eigenvalue weighted by Gasteiger charge is -2.34. The Hall–Kier alpha value is -2.79. The van der Waals surface area contributed by atoms with Crippen LogP contribution in [-0.4, -0.2) is 74.7 Å². The number of aryl methyl sites for hydroxylation is 2. The molecule has 2 aromatic rings. The fourth-order valence-electron chi connectivity index (χ4n) is 6.05. The normalized spacial score (nSPS) is 22.1. The average Bonchev–Trinajstić information content (AvgIpc) is 3.46. The maximum absolute atomic E-state index is 13.4. The van der Waals surface area contributed by atoms with E-state index in [2.05, 4.69) is 39.0 Å². The lowest BCUT2D eigenvalue weighted by atomic mass is 9.86. The van der Waals surface area contributed by atoms with Crippen molar-refractivity contribution in [2.45, 2.75) is 69.0 Å². The summed E-state index contributed by atoms with van der Waals surface area (Å²) in [4.78, 5) is 28.6. The van der Waals surface area contributed by atoms with E-state index in [9.17, 15) is 18.0 Å². The summed E-state index contributed by atoms with van der Waals surface area (Å²) < 4.78 is 28.0. The van der Waals surface area contributed by atoms with Gasteiger partial charge < -0.3 is 20.9 Å². The standard InChI is InChI=1S/C30H41N5O4S/c1-22-7-10-25(11-8-22)40(38,39)35-18-14-32-30(37)28(35)20-29(36)33-27-6-4-5-24-19-23(9-12-26(24)27)21-31-13-17-34-15-2-3-16-34/h7-12,19,27-28,31H,2-6,13-18,20-21H2,1H3,(H,32,37)(H,33,36)/t27-,28?/m1/s1. The molecule has 2 heterocycles. The highest BCUT2D eigenvalue weighted by molar-refractivity contribution is 7.89. The third-order valence-electron chi connectivity index (χ3n) is 8.28. The number of nitrogens with one attached hydrogen (secondary N) is 3. The minimum Gasteiger partial charge on any atom is -0.353 e. The van der Waals surface area contributed by atoms with Crippen LogP contribution in [0.4, 0.5) is 0 Å². The highest BCUT2D eigenvalue weighted by Crippen LogP contribution is 2.31. The van der Waals surface area contributed by atoms with E-state index in [0.717, 1.165) is 50.0 Å². The minimum atomic E-state index is -3.92.